The molecular weight excluding hydrogens is 194 g/mol. The number of carboxylic acid groups (broad SMARTS) is 1. The van der Waals surface area contributed by atoms with E-state index in [-0.39, 0.29) is 17.7 Å². The number of likely N-dealkylation sites (tertiary alicyclic amines) is 1. The van der Waals surface area contributed by atoms with E-state index in [0.29, 0.717) is 13.0 Å². The van der Waals surface area contributed by atoms with E-state index in [1.807, 2.05) is 0 Å². The molecule has 1 N–H and O–H groups in total. The molecule has 1 aliphatic heterocycles. The van der Waals surface area contributed by atoms with Gasteiger partial charge in [0.05, 0.1) is 5.92 Å². The summed E-state index contributed by atoms with van der Waals surface area (Å²) in [7, 11) is 0. The summed E-state index contributed by atoms with van der Waals surface area (Å²) in [4.78, 5) is 24.5. The number of hydrogen-bond donors (Lipinski definition) is 1. The van der Waals surface area contributed by atoms with Crippen LogP contribution in [-0.4, -0.2) is 35.0 Å². The first-order valence-corrected chi connectivity index (χ1v) is 5.70. The number of amides is 1. The van der Waals surface area contributed by atoms with Crippen LogP contribution in [0.3, 0.4) is 0 Å². The van der Waals surface area contributed by atoms with Gasteiger partial charge < -0.3 is 10.0 Å². The fraction of sp³-hybridized carbons (Fsp3) is 0.818. The monoisotopic (exact) mass is 211 g/mol. The number of hydrogen-bond acceptors (Lipinski definition) is 2. The molecule has 0 bridgehead atoms. The minimum Gasteiger partial charge on any atom is -0.481 e. The Morgan fingerprint density at radius 3 is 2.27 bits per heavy atom. The average Bonchev–Trinajstić information content (AvgIpc) is 2.15. The highest BCUT2D eigenvalue weighted by atomic mass is 16.4. The number of nitrogens with zero attached hydrogens (tertiary/aromatic N) is 1. The van der Waals surface area contributed by atoms with Crippen LogP contribution in [0, 0.1) is 11.8 Å². The van der Waals surface area contributed by atoms with Gasteiger partial charge in [0.2, 0.25) is 5.91 Å². The lowest BCUT2D eigenvalue weighted by Crippen LogP contribution is -2.46. The summed E-state index contributed by atoms with van der Waals surface area (Å²) < 4.78 is 0. The minimum absolute atomic E-state index is 0.187. The van der Waals surface area contributed by atoms with E-state index in [2.05, 4.69) is 0 Å². The highest BCUT2D eigenvalue weighted by molar-refractivity contribution is 5.80. The molecule has 4 nitrogen and oxygen atoms in total. The van der Waals surface area contributed by atoms with Gasteiger partial charge in [-0.2, -0.15) is 0 Å². The van der Waals surface area contributed by atoms with E-state index in [9.17, 15) is 9.59 Å². The molecule has 2 aliphatic rings. The van der Waals surface area contributed by atoms with Gasteiger partial charge in [0.25, 0.3) is 0 Å². The molecular formula is C11H17NO3. The summed E-state index contributed by atoms with van der Waals surface area (Å²) in [6.45, 7) is 1.17. The summed E-state index contributed by atoms with van der Waals surface area (Å²) in [5, 5.41) is 8.91. The highest BCUT2D eigenvalue weighted by Gasteiger charge is 2.33. The van der Waals surface area contributed by atoms with Gasteiger partial charge in [-0.25, -0.2) is 0 Å². The first kappa shape index (κ1) is 10.5. The fourth-order valence-corrected chi connectivity index (χ4v) is 2.29. The number of rotatable bonds is 2. The number of carboxylic acids is 1. The summed E-state index contributed by atoms with van der Waals surface area (Å²) in [5.74, 6) is -0.728. The van der Waals surface area contributed by atoms with Crippen molar-refractivity contribution < 1.29 is 14.7 Å². The van der Waals surface area contributed by atoms with Crippen LogP contribution < -0.4 is 0 Å². The van der Waals surface area contributed by atoms with Crippen molar-refractivity contribution in [2.75, 3.05) is 13.1 Å². The van der Waals surface area contributed by atoms with E-state index in [1.54, 1.807) is 4.90 Å². The summed E-state index contributed by atoms with van der Waals surface area (Å²) >= 11 is 0. The van der Waals surface area contributed by atoms with E-state index in [1.165, 1.54) is 0 Å². The third-order valence-electron chi connectivity index (χ3n) is 3.54. The van der Waals surface area contributed by atoms with Gasteiger partial charge >= 0.3 is 5.97 Å². The molecule has 1 atom stereocenters. The predicted octanol–water partition coefficient (Wildman–Crippen LogP) is 1.11. The van der Waals surface area contributed by atoms with Crippen molar-refractivity contribution in [3.05, 3.63) is 0 Å². The van der Waals surface area contributed by atoms with Crippen LogP contribution in [-0.2, 0) is 9.59 Å². The second kappa shape index (κ2) is 4.21. The van der Waals surface area contributed by atoms with Crippen molar-refractivity contribution in [1.29, 1.82) is 0 Å². The molecule has 1 unspecified atom stereocenters. The second-order valence-corrected chi connectivity index (χ2v) is 4.59. The van der Waals surface area contributed by atoms with Gasteiger partial charge in [0.1, 0.15) is 0 Å². The van der Waals surface area contributed by atoms with E-state index in [0.717, 1.165) is 32.2 Å². The predicted molar refractivity (Wildman–Crippen MR) is 54.3 cm³/mol. The van der Waals surface area contributed by atoms with E-state index >= 15 is 0 Å². The minimum atomic E-state index is -0.763. The third kappa shape index (κ3) is 2.13. The lowest BCUT2D eigenvalue weighted by molar-refractivity contribution is -0.147. The zero-order valence-electron chi connectivity index (χ0n) is 8.82. The van der Waals surface area contributed by atoms with Crippen LogP contribution in [0.25, 0.3) is 0 Å². The molecule has 0 spiro atoms. The molecule has 1 heterocycles. The molecule has 2 rings (SSSR count). The number of aliphatic carboxylic acids is 1. The maximum atomic E-state index is 11.9. The molecule has 0 aromatic rings. The van der Waals surface area contributed by atoms with Gasteiger partial charge in [-0.1, -0.05) is 6.42 Å². The van der Waals surface area contributed by atoms with Crippen LogP contribution in [0.15, 0.2) is 0 Å². The Balaban J connectivity index is 1.91. The largest absolute Gasteiger partial charge is 0.481 e. The average molecular weight is 211 g/mol. The Kier molecular flexibility index (Phi) is 2.93. The molecule has 4 heteroatoms. The van der Waals surface area contributed by atoms with Crippen molar-refractivity contribution >= 4 is 11.9 Å². The first-order valence-electron chi connectivity index (χ1n) is 5.70. The van der Waals surface area contributed by atoms with E-state index < -0.39 is 5.97 Å². The quantitative estimate of drug-likeness (QED) is 0.744. The summed E-state index contributed by atoms with van der Waals surface area (Å²) in [5.41, 5.74) is 0. The number of carbonyl (C=O) groups is 2. The SMILES string of the molecule is O=C(O)C1CCCN(C(=O)C2CCC2)C1. The standard InChI is InChI=1S/C11H17NO3/c13-10(8-3-1-4-8)12-6-2-5-9(7-12)11(14)15/h8-9H,1-7H2,(H,14,15). The van der Waals surface area contributed by atoms with Crippen molar-refractivity contribution in [2.24, 2.45) is 11.8 Å². The first-order chi connectivity index (χ1) is 7.18. The van der Waals surface area contributed by atoms with Gasteiger partial charge in [-0.3, -0.25) is 9.59 Å². The van der Waals surface area contributed by atoms with Gasteiger partial charge in [-0.05, 0) is 25.7 Å². The Bertz CT molecular complexity index is 273. The Morgan fingerprint density at radius 1 is 1.07 bits per heavy atom. The molecule has 0 aromatic heterocycles. The Hall–Kier alpha value is -1.06. The smallest absolute Gasteiger partial charge is 0.308 e. The zero-order chi connectivity index (χ0) is 10.8. The Labute approximate surface area is 89.3 Å². The summed E-state index contributed by atoms with van der Waals surface area (Å²) in [6, 6.07) is 0. The number of carbonyl (C=O) groups excluding carboxylic acids is 1. The fourth-order valence-electron chi connectivity index (χ4n) is 2.29. The molecule has 1 amide bonds. The maximum absolute atomic E-state index is 11.9. The van der Waals surface area contributed by atoms with Crippen LogP contribution in [0.1, 0.15) is 32.1 Å². The van der Waals surface area contributed by atoms with Crippen molar-refractivity contribution in [2.45, 2.75) is 32.1 Å². The van der Waals surface area contributed by atoms with Crippen LogP contribution in [0.4, 0.5) is 0 Å². The van der Waals surface area contributed by atoms with Gasteiger partial charge in [-0.15, -0.1) is 0 Å². The van der Waals surface area contributed by atoms with E-state index in [4.69, 9.17) is 5.11 Å². The highest BCUT2D eigenvalue weighted by Crippen LogP contribution is 2.29. The second-order valence-electron chi connectivity index (χ2n) is 4.59. The molecule has 1 saturated carbocycles. The topological polar surface area (TPSA) is 57.6 Å². The molecule has 1 saturated heterocycles. The number of piperidine rings is 1. The molecule has 0 radical (unpaired) electrons. The molecule has 0 aromatic carbocycles. The van der Waals surface area contributed by atoms with Crippen molar-refractivity contribution in [1.82, 2.24) is 4.90 Å². The van der Waals surface area contributed by atoms with Crippen LogP contribution in [0.2, 0.25) is 0 Å². The molecule has 84 valence electrons. The lowest BCUT2D eigenvalue weighted by Gasteiger charge is -2.36. The lowest BCUT2D eigenvalue weighted by atomic mass is 9.83. The molecule has 2 fully saturated rings. The normalized spacial score (nSPS) is 27.2. The Morgan fingerprint density at radius 2 is 1.73 bits per heavy atom. The molecule has 15 heavy (non-hydrogen) atoms. The maximum Gasteiger partial charge on any atom is 0.308 e. The van der Waals surface area contributed by atoms with Gasteiger partial charge in [0.15, 0.2) is 0 Å². The van der Waals surface area contributed by atoms with Crippen LogP contribution in [0.5, 0.6) is 0 Å². The summed E-state index contributed by atoms with van der Waals surface area (Å²) in [6.07, 6.45) is 4.67. The van der Waals surface area contributed by atoms with Crippen molar-refractivity contribution in [3.63, 3.8) is 0 Å². The van der Waals surface area contributed by atoms with Crippen molar-refractivity contribution in [3.8, 4) is 0 Å². The third-order valence-corrected chi connectivity index (χ3v) is 3.54. The zero-order valence-corrected chi connectivity index (χ0v) is 8.82. The molecule has 1 aliphatic carbocycles. The van der Waals surface area contributed by atoms with Gasteiger partial charge in [0, 0.05) is 19.0 Å². The van der Waals surface area contributed by atoms with Crippen LogP contribution >= 0.6 is 0 Å².